The Morgan fingerprint density at radius 1 is 1.10 bits per heavy atom. The summed E-state index contributed by atoms with van der Waals surface area (Å²) in [5.74, 6) is -5.53. The van der Waals surface area contributed by atoms with Crippen LogP contribution in [0.15, 0.2) is 54.6 Å². The van der Waals surface area contributed by atoms with Gasteiger partial charge in [0.15, 0.2) is 0 Å². The number of ether oxygens (including phenoxy) is 3. The zero-order valence-corrected chi connectivity index (χ0v) is 16.4. The molecule has 4 atom stereocenters. The first-order chi connectivity index (χ1) is 14.2. The number of methoxy groups -OCH3 is 1. The van der Waals surface area contributed by atoms with Gasteiger partial charge in [0.05, 0.1) is 19.4 Å². The van der Waals surface area contributed by atoms with Gasteiger partial charge in [-0.05, 0) is 30.2 Å². The van der Waals surface area contributed by atoms with Crippen LogP contribution in [0.1, 0.15) is 36.7 Å². The normalized spacial score (nSPS) is 22.7. The summed E-state index contributed by atoms with van der Waals surface area (Å²) >= 11 is 0. The molecule has 0 N–H and O–H groups in total. The summed E-state index contributed by atoms with van der Waals surface area (Å²) < 4.78 is 56.9. The van der Waals surface area contributed by atoms with Gasteiger partial charge in [0, 0.05) is 0 Å². The molecule has 30 heavy (non-hydrogen) atoms. The Bertz CT molecular complexity index is 880. The Balaban J connectivity index is 1.94. The van der Waals surface area contributed by atoms with Crippen LogP contribution in [-0.2, 0) is 19.1 Å². The number of carbonyl (C=O) groups is 2. The van der Waals surface area contributed by atoms with Crippen LogP contribution in [0.2, 0.25) is 0 Å². The lowest BCUT2D eigenvalue weighted by Crippen LogP contribution is -2.45. The van der Waals surface area contributed by atoms with Crippen molar-refractivity contribution in [2.75, 3.05) is 7.11 Å². The summed E-state index contributed by atoms with van der Waals surface area (Å²) in [4.78, 5) is 24.9. The molecule has 8 heteroatoms. The second-order valence-corrected chi connectivity index (χ2v) is 7.05. The first-order valence-corrected chi connectivity index (χ1v) is 9.36. The molecule has 1 aliphatic heterocycles. The Morgan fingerprint density at radius 2 is 1.73 bits per heavy atom. The first-order valence-electron chi connectivity index (χ1n) is 9.36. The highest BCUT2D eigenvalue weighted by Crippen LogP contribution is 2.46. The number of halogens is 3. The van der Waals surface area contributed by atoms with E-state index in [9.17, 15) is 22.8 Å². The summed E-state index contributed by atoms with van der Waals surface area (Å²) in [6, 6.07) is 14.7. The van der Waals surface area contributed by atoms with Gasteiger partial charge in [-0.1, -0.05) is 42.5 Å². The molecule has 0 saturated carbocycles. The van der Waals surface area contributed by atoms with E-state index in [4.69, 9.17) is 14.2 Å². The lowest BCUT2D eigenvalue weighted by molar-refractivity contribution is -0.230. The lowest BCUT2D eigenvalue weighted by Gasteiger charge is -2.37. The number of alkyl halides is 3. The van der Waals surface area contributed by atoms with Crippen LogP contribution < -0.4 is 4.74 Å². The smallest absolute Gasteiger partial charge is 0.393 e. The van der Waals surface area contributed by atoms with Gasteiger partial charge < -0.3 is 14.2 Å². The fourth-order valence-electron chi connectivity index (χ4n) is 3.50. The van der Waals surface area contributed by atoms with Gasteiger partial charge in [0.25, 0.3) is 0 Å². The Hall–Kier alpha value is -3.03. The van der Waals surface area contributed by atoms with Gasteiger partial charge in [0.2, 0.25) is 0 Å². The van der Waals surface area contributed by atoms with E-state index in [1.807, 2.05) is 0 Å². The standard InChI is InChI=1S/C22H21F3O5/c1-13(14-6-4-3-5-7-14)29-21(27)19-17(22(23,24)25)12-18(26)30-20(19)15-8-10-16(28-2)11-9-15/h3-11,13,17,19-20H,12H2,1-2H3/t13-,17?,19?,20?/m0/s1. The van der Waals surface area contributed by atoms with Crippen molar-refractivity contribution in [2.45, 2.75) is 31.7 Å². The molecular formula is C22H21F3O5. The van der Waals surface area contributed by atoms with Crippen LogP contribution in [0.3, 0.4) is 0 Å². The van der Waals surface area contributed by atoms with Crippen molar-refractivity contribution in [3.8, 4) is 5.75 Å². The molecule has 0 bridgehead atoms. The molecular weight excluding hydrogens is 401 g/mol. The number of esters is 2. The lowest BCUT2D eigenvalue weighted by atomic mass is 9.79. The number of hydrogen-bond acceptors (Lipinski definition) is 5. The highest BCUT2D eigenvalue weighted by molar-refractivity contribution is 5.79. The molecule has 1 aliphatic rings. The third-order valence-corrected chi connectivity index (χ3v) is 5.10. The summed E-state index contributed by atoms with van der Waals surface area (Å²) in [5, 5.41) is 0. The van der Waals surface area contributed by atoms with E-state index in [-0.39, 0.29) is 5.56 Å². The fourth-order valence-corrected chi connectivity index (χ4v) is 3.50. The zero-order chi connectivity index (χ0) is 21.9. The highest BCUT2D eigenvalue weighted by atomic mass is 19.4. The maximum Gasteiger partial charge on any atom is 0.393 e. The predicted octanol–water partition coefficient (Wildman–Crippen LogP) is 4.78. The van der Waals surface area contributed by atoms with E-state index in [2.05, 4.69) is 0 Å². The van der Waals surface area contributed by atoms with E-state index in [0.717, 1.165) is 0 Å². The van der Waals surface area contributed by atoms with Crippen molar-refractivity contribution in [3.63, 3.8) is 0 Å². The summed E-state index contributed by atoms with van der Waals surface area (Å²) in [6.07, 6.45) is -7.89. The summed E-state index contributed by atoms with van der Waals surface area (Å²) in [6.45, 7) is 1.58. The molecule has 2 aromatic rings. The van der Waals surface area contributed by atoms with Gasteiger partial charge in [0.1, 0.15) is 23.9 Å². The number of cyclic esters (lactones) is 1. The molecule has 1 saturated heterocycles. The zero-order valence-electron chi connectivity index (χ0n) is 16.4. The average molecular weight is 422 g/mol. The molecule has 3 unspecified atom stereocenters. The quantitative estimate of drug-likeness (QED) is 0.649. The van der Waals surface area contributed by atoms with E-state index in [1.54, 1.807) is 37.3 Å². The number of benzene rings is 2. The third-order valence-electron chi connectivity index (χ3n) is 5.10. The topological polar surface area (TPSA) is 61.8 Å². The SMILES string of the molecule is COc1ccc(C2OC(=O)CC(C(F)(F)F)C2C(=O)O[C@@H](C)c2ccccc2)cc1. The molecule has 2 aromatic carbocycles. The van der Waals surface area contributed by atoms with Gasteiger partial charge in [-0.15, -0.1) is 0 Å². The van der Waals surface area contributed by atoms with E-state index in [1.165, 1.54) is 31.4 Å². The molecule has 1 fully saturated rings. The molecule has 1 heterocycles. The van der Waals surface area contributed by atoms with Crippen LogP contribution in [0.4, 0.5) is 13.2 Å². The molecule has 0 aromatic heterocycles. The van der Waals surface area contributed by atoms with Gasteiger partial charge in [-0.25, -0.2) is 0 Å². The maximum atomic E-state index is 13.8. The maximum absolute atomic E-state index is 13.8. The predicted molar refractivity (Wildman–Crippen MR) is 100 cm³/mol. The van der Waals surface area contributed by atoms with Crippen molar-refractivity contribution in [2.24, 2.45) is 11.8 Å². The molecule has 0 amide bonds. The van der Waals surface area contributed by atoms with Crippen molar-refractivity contribution in [1.29, 1.82) is 0 Å². The minimum atomic E-state index is -4.77. The molecule has 0 aliphatic carbocycles. The highest BCUT2D eigenvalue weighted by Gasteiger charge is 2.56. The number of rotatable bonds is 5. The minimum absolute atomic E-state index is 0.257. The third kappa shape index (κ3) is 4.75. The Kier molecular flexibility index (Phi) is 6.34. The molecule has 5 nitrogen and oxygen atoms in total. The fraction of sp³-hybridized carbons (Fsp3) is 0.364. The van der Waals surface area contributed by atoms with Gasteiger partial charge in [-0.3, -0.25) is 9.59 Å². The summed E-state index contributed by atoms with van der Waals surface area (Å²) in [7, 11) is 1.44. The summed E-state index contributed by atoms with van der Waals surface area (Å²) in [5.41, 5.74) is 0.899. The van der Waals surface area contributed by atoms with Gasteiger partial charge in [-0.2, -0.15) is 13.2 Å². The van der Waals surface area contributed by atoms with E-state index >= 15 is 0 Å². The van der Waals surface area contributed by atoms with Crippen LogP contribution >= 0.6 is 0 Å². The molecule has 160 valence electrons. The van der Waals surface area contributed by atoms with Crippen LogP contribution in [0.5, 0.6) is 5.75 Å². The van der Waals surface area contributed by atoms with E-state index < -0.39 is 48.6 Å². The van der Waals surface area contributed by atoms with E-state index in [0.29, 0.717) is 11.3 Å². The Labute approximate surface area is 171 Å². The number of hydrogen-bond donors (Lipinski definition) is 0. The minimum Gasteiger partial charge on any atom is -0.497 e. The van der Waals surface area contributed by atoms with Crippen molar-refractivity contribution in [3.05, 3.63) is 65.7 Å². The van der Waals surface area contributed by atoms with Crippen LogP contribution in [-0.4, -0.2) is 25.2 Å². The van der Waals surface area contributed by atoms with Crippen molar-refractivity contribution >= 4 is 11.9 Å². The Morgan fingerprint density at radius 3 is 2.30 bits per heavy atom. The second-order valence-electron chi connectivity index (χ2n) is 7.05. The van der Waals surface area contributed by atoms with Gasteiger partial charge >= 0.3 is 18.1 Å². The van der Waals surface area contributed by atoms with Crippen molar-refractivity contribution < 1.29 is 37.0 Å². The average Bonchev–Trinajstić information content (AvgIpc) is 2.73. The molecule has 0 radical (unpaired) electrons. The van der Waals surface area contributed by atoms with Crippen LogP contribution in [0.25, 0.3) is 0 Å². The van der Waals surface area contributed by atoms with Crippen LogP contribution in [0, 0.1) is 11.8 Å². The second kappa shape index (κ2) is 8.77. The molecule has 3 rings (SSSR count). The molecule has 0 spiro atoms. The largest absolute Gasteiger partial charge is 0.497 e. The first kappa shape index (κ1) is 21.7. The number of carbonyl (C=O) groups excluding carboxylic acids is 2. The monoisotopic (exact) mass is 422 g/mol. The van der Waals surface area contributed by atoms with Crippen molar-refractivity contribution in [1.82, 2.24) is 0 Å².